The van der Waals surface area contributed by atoms with Crippen LogP contribution in [0.3, 0.4) is 0 Å². The highest BCUT2D eigenvalue weighted by Gasteiger charge is 2.26. The van der Waals surface area contributed by atoms with Crippen molar-refractivity contribution in [3.05, 3.63) is 46.8 Å². The summed E-state index contributed by atoms with van der Waals surface area (Å²) in [4.78, 5) is 13.4. The number of Topliss-reactive ketones (excluding diaryl/α,β-unsaturated/α-hetero) is 1. The van der Waals surface area contributed by atoms with Crippen LogP contribution in [0.5, 0.6) is 0 Å². The van der Waals surface area contributed by atoms with Crippen molar-refractivity contribution in [2.24, 2.45) is 0 Å². The maximum Gasteiger partial charge on any atom is 0.169 e. The molecule has 2 aromatic rings. The van der Waals surface area contributed by atoms with Crippen LogP contribution in [0, 0.1) is 0 Å². The van der Waals surface area contributed by atoms with Crippen LogP contribution in [0.1, 0.15) is 40.9 Å². The minimum Gasteiger partial charge on any atom is -0.294 e. The van der Waals surface area contributed by atoms with E-state index in [9.17, 15) is 4.79 Å². The van der Waals surface area contributed by atoms with Gasteiger partial charge in [0.15, 0.2) is 5.78 Å². The van der Waals surface area contributed by atoms with Crippen molar-refractivity contribution < 1.29 is 4.79 Å². The SMILES string of the molecule is CC(=O)c1ccc(-c2ccccc2C2CC2)s1. The number of carbonyl (C=O) groups is 1. The Labute approximate surface area is 105 Å². The van der Waals surface area contributed by atoms with Gasteiger partial charge in [0.25, 0.3) is 0 Å². The van der Waals surface area contributed by atoms with E-state index >= 15 is 0 Å². The quantitative estimate of drug-likeness (QED) is 0.724. The summed E-state index contributed by atoms with van der Waals surface area (Å²) < 4.78 is 0. The number of rotatable bonds is 3. The molecule has 3 rings (SSSR count). The highest BCUT2D eigenvalue weighted by atomic mass is 32.1. The Morgan fingerprint density at radius 3 is 2.59 bits per heavy atom. The van der Waals surface area contributed by atoms with Gasteiger partial charge in [-0.15, -0.1) is 11.3 Å². The van der Waals surface area contributed by atoms with Gasteiger partial charge >= 0.3 is 0 Å². The molecule has 0 bridgehead atoms. The fourth-order valence-corrected chi connectivity index (χ4v) is 3.09. The average molecular weight is 242 g/mol. The molecule has 1 aliphatic rings. The number of benzene rings is 1. The number of thiophene rings is 1. The molecule has 1 nitrogen and oxygen atoms in total. The smallest absolute Gasteiger partial charge is 0.169 e. The molecule has 1 aromatic heterocycles. The minimum atomic E-state index is 0.158. The van der Waals surface area contributed by atoms with E-state index in [1.165, 1.54) is 28.8 Å². The van der Waals surface area contributed by atoms with Crippen molar-refractivity contribution in [2.75, 3.05) is 0 Å². The molecule has 0 aliphatic heterocycles. The van der Waals surface area contributed by atoms with Gasteiger partial charge in [-0.25, -0.2) is 0 Å². The summed E-state index contributed by atoms with van der Waals surface area (Å²) >= 11 is 1.60. The van der Waals surface area contributed by atoms with Crippen molar-refractivity contribution in [3.63, 3.8) is 0 Å². The first-order chi connectivity index (χ1) is 8.25. The molecule has 0 spiro atoms. The predicted octanol–water partition coefficient (Wildman–Crippen LogP) is 4.50. The van der Waals surface area contributed by atoms with Crippen LogP contribution in [0.4, 0.5) is 0 Å². The van der Waals surface area contributed by atoms with Crippen LogP contribution in [-0.4, -0.2) is 5.78 Å². The van der Waals surface area contributed by atoms with Crippen molar-refractivity contribution in [1.29, 1.82) is 0 Å². The zero-order valence-corrected chi connectivity index (χ0v) is 10.6. The Balaban J connectivity index is 2.05. The molecule has 1 aliphatic carbocycles. The summed E-state index contributed by atoms with van der Waals surface area (Å²) in [6.45, 7) is 1.63. The lowest BCUT2D eigenvalue weighted by Gasteiger charge is -2.05. The first kappa shape index (κ1) is 10.7. The Hall–Kier alpha value is -1.41. The third kappa shape index (κ3) is 2.05. The second-order valence-electron chi connectivity index (χ2n) is 4.58. The van der Waals surface area contributed by atoms with Gasteiger partial charge in [-0.05, 0) is 48.9 Å². The fraction of sp³-hybridized carbons (Fsp3) is 0.267. The molecule has 0 unspecified atom stereocenters. The molecule has 17 heavy (non-hydrogen) atoms. The van der Waals surface area contributed by atoms with Crippen LogP contribution < -0.4 is 0 Å². The minimum absolute atomic E-state index is 0.158. The van der Waals surface area contributed by atoms with Gasteiger partial charge in [0.05, 0.1) is 4.88 Å². The summed E-state index contributed by atoms with van der Waals surface area (Å²) in [5.74, 6) is 0.902. The van der Waals surface area contributed by atoms with E-state index in [1.54, 1.807) is 18.3 Å². The molecule has 2 heteroatoms. The summed E-state index contributed by atoms with van der Waals surface area (Å²) in [6, 6.07) is 12.6. The van der Waals surface area contributed by atoms with Gasteiger partial charge in [-0.1, -0.05) is 24.3 Å². The fourth-order valence-electron chi connectivity index (χ4n) is 2.14. The lowest BCUT2D eigenvalue weighted by molar-refractivity contribution is 0.102. The first-order valence-corrected chi connectivity index (χ1v) is 6.77. The standard InChI is InChI=1S/C15H14OS/c1-10(16)14-8-9-15(17-14)13-5-3-2-4-12(13)11-6-7-11/h2-5,8-9,11H,6-7H2,1H3. The molecule has 1 fully saturated rings. The van der Waals surface area contributed by atoms with Crippen LogP contribution >= 0.6 is 11.3 Å². The molecule has 0 amide bonds. The molecule has 1 aromatic carbocycles. The molecule has 1 saturated carbocycles. The summed E-state index contributed by atoms with van der Waals surface area (Å²) in [5, 5.41) is 0. The molecule has 1 heterocycles. The van der Waals surface area contributed by atoms with Gasteiger partial charge in [-0.3, -0.25) is 4.79 Å². The van der Waals surface area contributed by atoms with E-state index in [0.29, 0.717) is 0 Å². The molecular formula is C15H14OS. The lowest BCUT2D eigenvalue weighted by Crippen LogP contribution is -1.85. The second-order valence-corrected chi connectivity index (χ2v) is 5.67. The first-order valence-electron chi connectivity index (χ1n) is 5.96. The Kier molecular flexibility index (Phi) is 2.60. The molecular weight excluding hydrogens is 228 g/mol. The van der Waals surface area contributed by atoms with Gasteiger partial charge in [0, 0.05) is 4.88 Å². The molecule has 0 radical (unpaired) electrons. The normalized spacial score (nSPS) is 14.9. The summed E-state index contributed by atoms with van der Waals surface area (Å²) in [6.07, 6.45) is 2.61. The maximum atomic E-state index is 11.3. The van der Waals surface area contributed by atoms with Gasteiger partial charge in [0.1, 0.15) is 0 Å². The van der Waals surface area contributed by atoms with Crippen LogP contribution in [0.2, 0.25) is 0 Å². The molecule has 0 saturated heterocycles. The third-order valence-corrected chi connectivity index (χ3v) is 4.42. The maximum absolute atomic E-state index is 11.3. The third-order valence-electron chi connectivity index (χ3n) is 3.20. The number of hydrogen-bond donors (Lipinski definition) is 0. The highest BCUT2D eigenvalue weighted by Crippen LogP contribution is 2.45. The van der Waals surface area contributed by atoms with Gasteiger partial charge in [0.2, 0.25) is 0 Å². The number of hydrogen-bond acceptors (Lipinski definition) is 2. The monoisotopic (exact) mass is 242 g/mol. The topological polar surface area (TPSA) is 17.1 Å². The van der Waals surface area contributed by atoms with E-state index in [4.69, 9.17) is 0 Å². The molecule has 0 N–H and O–H groups in total. The summed E-state index contributed by atoms with van der Waals surface area (Å²) in [7, 11) is 0. The molecule has 86 valence electrons. The molecule has 0 atom stereocenters. The second kappa shape index (κ2) is 4.11. The van der Waals surface area contributed by atoms with Crippen molar-refractivity contribution in [3.8, 4) is 10.4 Å². The highest BCUT2D eigenvalue weighted by molar-refractivity contribution is 7.17. The Bertz CT molecular complexity index is 564. The summed E-state index contributed by atoms with van der Waals surface area (Å²) in [5.41, 5.74) is 2.76. The predicted molar refractivity (Wildman–Crippen MR) is 71.7 cm³/mol. The van der Waals surface area contributed by atoms with Gasteiger partial charge < -0.3 is 0 Å². The van der Waals surface area contributed by atoms with E-state index in [-0.39, 0.29) is 5.78 Å². The van der Waals surface area contributed by atoms with Crippen LogP contribution in [-0.2, 0) is 0 Å². The number of carbonyl (C=O) groups excluding carboxylic acids is 1. The lowest BCUT2D eigenvalue weighted by atomic mass is 10.0. The zero-order valence-electron chi connectivity index (χ0n) is 9.77. The largest absolute Gasteiger partial charge is 0.294 e. The van der Waals surface area contributed by atoms with E-state index in [1.807, 2.05) is 6.07 Å². The van der Waals surface area contributed by atoms with Crippen molar-refractivity contribution in [2.45, 2.75) is 25.7 Å². The van der Waals surface area contributed by atoms with E-state index in [0.717, 1.165) is 10.8 Å². The van der Waals surface area contributed by atoms with E-state index < -0.39 is 0 Å². The number of ketones is 1. The van der Waals surface area contributed by atoms with Crippen molar-refractivity contribution in [1.82, 2.24) is 0 Å². The van der Waals surface area contributed by atoms with Gasteiger partial charge in [-0.2, -0.15) is 0 Å². The van der Waals surface area contributed by atoms with E-state index in [2.05, 4.69) is 30.3 Å². The Morgan fingerprint density at radius 2 is 1.94 bits per heavy atom. The van der Waals surface area contributed by atoms with Crippen LogP contribution in [0.15, 0.2) is 36.4 Å². The van der Waals surface area contributed by atoms with Crippen molar-refractivity contribution >= 4 is 17.1 Å². The average Bonchev–Trinajstić information content (AvgIpc) is 3.06. The zero-order chi connectivity index (χ0) is 11.8. The Morgan fingerprint density at radius 1 is 1.18 bits per heavy atom. The van der Waals surface area contributed by atoms with Crippen LogP contribution in [0.25, 0.3) is 10.4 Å².